The lowest BCUT2D eigenvalue weighted by molar-refractivity contribution is 0.636. The lowest BCUT2D eigenvalue weighted by atomic mass is 10.2. The van der Waals surface area contributed by atoms with Crippen molar-refractivity contribution >= 4 is 17.4 Å². The Hall–Kier alpha value is -1.62. The molecule has 0 aliphatic carbocycles. The Bertz CT molecular complexity index is 508. The minimum Gasteiger partial charge on any atom is -0.368 e. The van der Waals surface area contributed by atoms with Crippen molar-refractivity contribution in [1.82, 2.24) is 19.7 Å². The second kappa shape index (κ2) is 5.14. The molecule has 5 nitrogen and oxygen atoms in total. The van der Waals surface area contributed by atoms with Gasteiger partial charge in [0.25, 0.3) is 0 Å². The Morgan fingerprint density at radius 2 is 2.18 bits per heavy atom. The number of anilines is 1. The zero-order valence-corrected chi connectivity index (χ0v) is 10.6. The van der Waals surface area contributed by atoms with E-state index >= 15 is 0 Å². The minimum absolute atomic E-state index is 0.652. The van der Waals surface area contributed by atoms with Crippen LogP contribution in [0.15, 0.2) is 18.7 Å². The van der Waals surface area contributed by atoms with E-state index in [1.807, 2.05) is 13.8 Å². The summed E-state index contributed by atoms with van der Waals surface area (Å²) < 4.78 is 1.79. The van der Waals surface area contributed by atoms with E-state index < -0.39 is 0 Å². The predicted molar refractivity (Wildman–Crippen MR) is 67.2 cm³/mol. The molecular weight excluding hydrogens is 238 g/mol. The largest absolute Gasteiger partial charge is 0.368 e. The maximum absolute atomic E-state index is 5.78. The van der Waals surface area contributed by atoms with Crippen LogP contribution in [0.25, 0.3) is 0 Å². The third-order valence-electron chi connectivity index (χ3n) is 2.57. The van der Waals surface area contributed by atoms with E-state index in [0.29, 0.717) is 5.02 Å². The standard InChI is InChI=1S/C11H14ClN5/c1-8-9(2)14-7-15-11(8)13-3-4-17-6-10(12)5-16-17/h5-7H,3-4H2,1-2H3,(H,13,14,15). The van der Waals surface area contributed by atoms with Crippen LogP contribution in [-0.4, -0.2) is 26.3 Å². The van der Waals surface area contributed by atoms with Crippen molar-refractivity contribution < 1.29 is 0 Å². The number of hydrogen-bond acceptors (Lipinski definition) is 4. The van der Waals surface area contributed by atoms with E-state index in [1.54, 1.807) is 23.4 Å². The van der Waals surface area contributed by atoms with Crippen LogP contribution in [0.3, 0.4) is 0 Å². The average molecular weight is 252 g/mol. The molecule has 0 spiro atoms. The highest BCUT2D eigenvalue weighted by Gasteiger charge is 2.02. The molecule has 0 saturated heterocycles. The molecule has 90 valence electrons. The molecule has 0 fully saturated rings. The number of rotatable bonds is 4. The number of nitrogens with one attached hydrogen (secondary N) is 1. The Kier molecular flexibility index (Phi) is 3.58. The van der Waals surface area contributed by atoms with Gasteiger partial charge in [-0.25, -0.2) is 9.97 Å². The molecule has 0 aromatic carbocycles. The van der Waals surface area contributed by atoms with Gasteiger partial charge in [0.05, 0.1) is 17.8 Å². The molecule has 0 radical (unpaired) electrons. The fraction of sp³-hybridized carbons (Fsp3) is 0.364. The van der Waals surface area contributed by atoms with Gasteiger partial charge < -0.3 is 5.32 Å². The van der Waals surface area contributed by atoms with Crippen LogP contribution in [0.4, 0.5) is 5.82 Å². The lowest BCUT2D eigenvalue weighted by Gasteiger charge is -2.09. The van der Waals surface area contributed by atoms with Gasteiger partial charge in [-0.15, -0.1) is 0 Å². The second-order valence-electron chi connectivity index (χ2n) is 3.78. The number of nitrogens with zero attached hydrogens (tertiary/aromatic N) is 4. The van der Waals surface area contributed by atoms with E-state index in [4.69, 9.17) is 11.6 Å². The first kappa shape index (κ1) is 11.9. The fourth-order valence-electron chi connectivity index (χ4n) is 1.47. The molecule has 17 heavy (non-hydrogen) atoms. The van der Waals surface area contributed by atoms with Gasteiger partial charge in [-0.1, -0.05) is 11.6 Å². The molecule has 0 aliphatic heterocycles. The average Bonchev–Trinajstić information content (AvgIpc) is 2.70. The summed E-state index contributed by atoms with van der Waals surface area (Å²) in [5.74, 6) is 0.871. The molecule has 2 aromatic rings. The Balaban J connectivity index is 1.92. The highest BCUT2D eigenvalue weighted by Crippen LogP contribution is 2.12. The quantitative estimate of drug-likeness (QED) is 0.904. The van der Waals surface area contributed by atoms with Gasteiger partial charge in [0.2, 0.25) is 0 Å². The Morgan fingerprint density at radius 1 is 1.35 bits per heavy atom. The van der Waals surface area contributed by atoms with Crippen molar-refractivity contribution in [1.29, 1.82) is 0 Å². The number of aromatic nitrogens is 4. The first-order valence-corrected chi connectivity index (χ1v) is 5.74. The topological polar surface area (TPSA) is 55.6 Å². The zero-order valence-electron chi connectivity index (χ0n) is 9.81. The molecule has 1 N–H and O–H groups in total. The van der Waals surface area contributed by atoms with Gasteiger partial charge in [-0.3, -0.25) is 4.68 Å². The van der Waals surface area contributed by atoms with E-state index in [-0.39, 0.29) is 0 Å². The van der Waals surface area contributed by atoms with Crippen molar-refractivity contribution in [3.8, 4) is 0 Å². The Morgan fingerprint density at radius 3 is 2.88 bits per heavy atom. The van der Waals surface area contributed by atoms with Crippen LogP contribution >= 0.6 is 11.6 Å². The summed E-state index contributed by atoms with van der Waals surface area (Å²) in [6.45, 7) is 5.46. The minimum atomic E-state index is 0.652. The summed E-state index contributed by atoms with van der Waals surface area (Å²) in [4.78, 5) is 8.32. The lowest BCUT2D eigenvalue weighted by Crippen LogP contribution is -2.13. The van der Waals surface area contributed by atoms with Gasteiger partial charge >= 0.3 is 0 Å². The van der Waals surface area contributed by atoms with Crippen LogP contribution in [-0.2, 0) is 6.54 Å². The van der Waals surface area contributed by atoms with E-state index in [9.17, 15) is 0 Å². The molecule has 2 heterocycles. The molecule has 0 amide bonds. The Labute approximate surface area is 105 Å². The van der Waals surface area contributed by atoms with Crippen molar-refractivity contribution in [2.45, 2.75) is 20.4 Å². The van der Waals surface area contributed by atoms with Gasteiger partial charge in [-0.05, 0) is 13.8 Å². The maximum atomic E-state index is 5.78. The highest BCUT2D eigenvalue weighted by atomic mass is 35.5. The summed E-state index contributed by atoms with van der Waals surface area (Å²) >= 11 is 5.78. The second-order valence-corrected chi connectivity index (χ2v) is 4.22. The number of hydrogen-bond donors (Lipinski definition) is 1. The highest BCUT2D eigenvalue weighted by molar-refractivity contribution is 6.30. The third-order valence-corrected chi connectivity index (χ3v) is 2.77. The first-order valence-electron chi connectivity index (χ1n) is 5.37. The van der Waals surface area contributed by atoms with Crippen LogP contribution in [0.1, 0.15) is 11.3 Å². The SMILES string of the molecule is Cc1ncnc(NCCn2cc(Cl)cn2)c1C. The van der Waals surface area contributed by atoms with Crippen LogP contribution in [0, 0.1) is 13.8 Å². The molecule has 2 rings (SSSR count). The van der Waals surface area contributed by atoms with Crippen LogP contribution in [0.5, 0.6) is 0 Å². The summed E-state index contributed by atoms with van der Waals surface area (Å²) in [7, 11) is 0. The fourth-order valence-corrected chi connectivity index (χ4v) is 1.62. The zero-order chi connectivity index (χ0) is 12.3. The van der Waals surface area contributed by atoms with E-state index in [0.717, 1.165) is 30.2 Å². The summed E-state index contributed by atoms with van der Waals surface area (Å²) in [5.41, 5.74) is 2.07. The monoisotopic (exact) mass is 251 g/mol. The summed E-state index contributed by atoms with van der Waals surface area (Å²) in [6.07, 6.45) is 4.98. The molecule has 6 heteroatoms. The summed E-state index contributed by atoms with van der Waals surface area (Å²) in [5, 5.41) is 8.01. The molecule has 0 aliphatic rings. The molecule has 0 atom stereocenters. The number of halogens is 1. The van der Waals surface area contributed by atoms with E-state index in [2.05, 4.69) is 20.4 Å². The van der Waals surface area contributed by atoms with Crippen LogP contribution < -0.4 is 5.32 Å². The molecular formula is C11H14ClN5. The van der Waals surface area contributed by atoms with Crippen LogP contribution in [0.2, 0.25) is 5.02 Å². The third kappa shape index (κ3) is 2.94. The van der Waals surface area contributed by atoms with Gasteiger partial charge in [0.15, 0.2) is 0 Å². The molecule has 0 saturated carbocycles. The number of aryl methyl sites for hydroxylation is 1. The van der Waals surface area contributed by atoms with Crippen molar-refractivity contribution in [3.63, 3.8) is 0 Å². The van der Waals surface area contributed by atoms with Crippen molar-refractivity contribution in [2.24, 2.45) is 0 Å². The molecule has 0 bridgehead atoms. The summed E-state index contributed by atoms with van der Waals surface area (Å²) in [6, 6.07) is 0. The van der Waals surface area contributed by atoms with Gasteiger partial charge in [0, 0.05) is 24.0 Å². The van der Waals surface area contributed by atoms with Crippen molar-refractivity contribution in [3.05, 3.63) is 35.0 Å². The molecule has 2 aromatic heterocycles. The smallest absolute Gasteiger partial charge is 0.132 e. The van der Waals surface area contributed by atoms with Gasteiger partial charge in [-0.2, -0.15) is 5.10 Å². The normalized spacial score (nSPS) is 10.5. The van der Waals surface area contributed by atoms with Gasteiger partial charge in [0.1, 0.15) is 12.1 Å². The maximum Gasteiger partial charge on any atom is 0.132 e. The molecule has 0 unspecified atom stereocenters. The predicted octanol–water partition coefficient (Wildman–Crippen LogP) is 2.06. The first-order chi connectivity index (χ1) is 8.16. The van der Waals surface area contributed by atoms with Crippen molar-refractivity contribution in [2.75, 3.05) is 11.9 Å². The van der Waals surface area contributed by atoms with E-state index in [1.165, 1.54) is 0 Å².